The Hall–Kier alpha value is -3.23. The molecule has 0 unspecified atom stereocenters. The molecule has 9 heteroatoms. The number of methoxy groups -OCH3 is 1. The number of benzene rings is 3. The van der Waals surface area contributed by atoms with Crippen molar-refractivity contribution in [2.24, 2.45) is 0 Å². The maximum absolute atomic E-state index is 13.4. The van der Waals surface area contributed by atoms with Gasteiger partial charge in [-0.1, -0.05) is 35.9 Å². The third-order valence-electron chi connectivity index (χ3n) is 4.78. The summed E-state index contributed by atoms with van der Waals surface area (Å²) in [5.74, 6) is 0.809. The van der Waals surface area contributed by atoms with E-state index in [0.717, 1.165) is 4.31 Å². The van der Waals surface area contributed by atoms with Gasteiger partial charge in [0.05, 0.1) is 24.2 Å². The number of nitrogens with zero attached hydrogens (tertiary/aromatic N) is 1. The summed E-state index contributed by atoms with van der Waals surface area (Å²) < 4.78 is 38.6. The maximum Gasteiger partial charge on any atom is 0.264 e. The van der Waals surface area contributed by atoms with Gasteiger partial charge >= 0.3 is 0 Å². The van der Waals surface area contributed by atoms with Crippen LogP contribution in [0.1, 0.15) is 5.56 Å². The molecular weight excluding hydrogens is 464 g/mol. The number of rotatable bonds is 10. The van der Waals surface area contributed by atoms with Gasteiger partial charge in [0.1, 0.15) is 24.7 Å². The van der Waals surface area contributed by atoms with Gasteiger partial charge in [0.15, 0.2) is 0 Å². The Kier molecular flexibility index (Phi) is 8.19. The number of sulfonamides is 1. The van der Waals surface area contributed by atoms with Gasteiger partial charge in [0.25, 0.3) is 10.0 Å². The number of carbonyl (C=O) groups excluding carboxylic acids is 1. The number of hydrogen-bond acceptors (Lipinski definition) is 5. The van der Waals surface area contributed by atoms with Crippen LogP contribution in [0.25, 0.3) is 0 Å². The second kappa shape index (κ2) is 11.1. The molecule has 0 fully saturated rings. The van der Waals surface area contributed by atoms with Gasteiger partial charge in [0.2, 0.25) is 5.91 Å². The molecule has 0 saturated carbocycles. The standard InChI is InChI=1S/C24H25ClN2O5S/c1-18-15-19(25)11-12-23(18)27(33(29,30)22-9-4-3-5-10-22)17-24(28)26-13-14-32-21-8-6-7-20(16-21)31-2/h3-12,15-16H,13-14,17H2,1-2H3,(H,26,28). The second-order valence-electron chi connectivity index (χ2n) is 7.13. The van der Waals surface area contributed by atoms with Crippen LogP contribution in [-0.4, -0.2) is 41.1 Å². The lowest BCUT2D eigenvalue weighted by Gasteiger charge is -2.25. The normalized spacial score (nSPS) is 11.0. The van der Waals surface area contributed by atoms with E-state index in [2.05, 4.69) is 5.32 Å². The molecule has 1 N–H and O–H groups in total. The van der Waals surface area contributed by atoms with Gasteiger partial charge in [-0.3, -0.25) is 9.10 Å². The Balaban J connectivity index is 1.71. The van der Waals surface area contributed by atoms with Gasteiger partial charge in [-0.2, -0.15) is 0 Å². The SMILES string of the molecule is COc1cccc(OCCNC(=O)CN(c2ccc(Cl)cc2C)S(=O)(=O)c2ccccc2)c1. The van der Waals surface area contributed by atoms with E-state index in [0.29, 0.717) is 27.8 Å². The molecule has 0 aliphatic carbocycles. The van der Waals surface area contributed by atoms with Crippen molar-refractivity contribution in [1.82, 2.24) is 5.32 Å². The Morgan fingerprint density at radius 1 is 1.00 bits per heavy atom. The van der Waals surface area contributed by atoms with E-state index < -0.39 is 22.5 Å². The van der Waals surface area contributed by atoms with Crippen LogP contribution < -0.4 is 19.1 Å². The molecule has 3 rings (SSSR count). The summed E-state index contributed by atoms with van der Waals surface area (Å²) in [6.45, 7) is 1.77. The number of carbonyl (C=O) groups is 1. The highest BCUT2D eigenvalue weighted by atomic mass is 35.5. The number of aryl methyl sites for hydroxylation is 1. The number of hydrogen-bond donors (Lipinski definition) is 1. The average molecular weight is 489 g/mol. The first-order valence-electron chi connectivity index (χ1n) is 10.2. The molecule has 1 amide bonds. The summed E-state index contributed by atoms with van der Waals surface area (Å²) in [5.41, 5.74) is 1.02. The predicted molar refractivity (Wildman–Crippen MR) is 129 cm³/mol. The molecule has 3 aromatic carbocycles. The summed E-state index contributed by atoms with van der Waals surface area (Å²) in [6, 6.07) is 19.9. The first kappa shape index (κ1) is 24.4. The topological polar surface area (TPSA) is 84.9 Å². The zero-order valence-electron chi connectivity index (χ0n) is 18.3. The van der Waals surface area contributed by atoms with Crippen LogP contribution in [0.15, 0.2) is 77.7 Å². The summed E-state index contributed by atoms with van der Waals surface area (Å²) in [5, 5.41) is 3.19. The molecule has 0 aliphatic heterocycles. The molecule has 3 aromatic rings. The lowest BCUT2D eigenvalue weighted by molar-refractivity contribution is -0.119. The Labute approximate surface area is 198 Å². The summed E-state index contributed by atoms with van der Waals surface area (Å²) in [7, 11) is -2.42. The van der Waals surface area contributed by atoms with Crippen LogP contribution in [0.3, 0.4) is 0 Å². The number of ether oxygens (including phenoxy) is 2. The molecule has 0 aliphatic rings. The minimum Gasteiger partial charge on any atom is -0.497 e. The average Bonchev–Trinajstić information content (AvgIpc) is 2.81. The van der Waals surface area contributed by atoms with Crippen LogP contribution in [-0.2, 0) is 14.8 Å². The van der Waals surface area contributed by atoms with Gasteiger partial charge in [0, 0.05) is 11.1 Å². The predicted octanol–water partition coefficient (Wildman–Crippen LogP) is 4.05. The van der Waals surface area contributed by atoms with Crippen molar-refractivity contribution >= 4 is 33.2 Å². The molecule has 174 valence electrons. The van der Waals surface area contributed by atoms with Gasteiger partial charge in [-0.25, -0.2) is 8.42 Å². The Morgan fingerprint density at radius 3 is 2.42 bits per heavy atom. The second-order valence-corrected chi connectivity index (χ2v) is 9.43. The monoisotopic (exact) mass is 488 g/mol. The molecule has 0 spiro atoms. The molecule has 0 atom stereocenters. The van der Waals surface area contributed by atoms with Crippen LogP contribution >= 0.6 is 11.6 Å². The largest absolute Gasteiger partial charge is 0.497 e. The fourth-order valence-electron chi connectivity index (χ4n) is 3.15. The van der Waals surface area contributed by atoms with Crippen LogP contribution in [0.2, 0.25) is 5.02 Å². The number of amides is 1. The minimum atomic E-state index is -3.98. The van der Waals surface area contributed by atoms with Crippen molar-refractivity contribution in [3.8, 4) is 11.5 Å². The van der Waals surface area contributed by atoms with Crippen LogP contribution in [0, 0.1) is 6.92 Å². The van der Waals surface area contributed by atoms with E-state index >= 15 is 0 Å². The summed E-state index contributed by atoms with van der Waals surface area (Å²) in [4.78, 5) is 12.8. The lowest BCUT2D eigenvalue weighted by Crippen LogP contribution is -2.42. The molecule has 33 heavy (non-hydrogen) atoms. The van der Waals surface area contributed by atoms with Crippen molar-refractivity contribution in [2.45, 2.75) is 11.8 Å². The van der Waals surface area contributed by atoms with Crippen molar-refractivity contribution < 1.29 is 22.7 Å². The highest BCUT2D eigenvalue weighted by molar-refractivity contribution is 7.92. The first-order chi connectivity index (χ1) is 15.8. The maximum atomic E-state index is 13.4. The van der Waals surface area contributed by atoms with Crippen molar-refractivity contribution in [3.05, 3.63) is 83.4 Å². The van der Waals surface area contributed by atoms with Gasteiger partial charge in [-0.05, 0) is 55.0 Å². The van der Waals surface area contributed by atoms with Gasteiger partial charge < -0.3 is 14.8 Å². The Morgan fingerprint density at radius 2 is 1.73 bits per heavy atom. The molecular formula is C24H25ClN2O5S. The zero-order valence-corrected chi connectivity index (χ0v) is 19.9. The van der Waals surface area contributed by atoms with Crippen molar-refractivity contribution in [3.63, 3.8) is 0 Å². The highest BCUT2D eigenvalue weighted by Crippen LogP contribution is 2.28. The van der Waals surface area contributed by atoms with Crippen LogP contribution in [0.4, 0.5) is 5.69 Å². The van der Waals surface area contributed by atoms with E-state index in [4.69, 9.17) is 21.1 Å². The van der Waals surface area contributed by atoms with E-state index in [1.54, 1.807) is 74.7 Å². The fraction of sp³-hybridized carbons (Fsp3) is 0.208. The van der Waals surface area contributed by atoms with Crippen LogP contribution in [0.5, 0.6) is 11.5 Å². The molecule has 0 bridgehead atoms. The first-order valence-corrected chi connectivity index (χ1v) is 12.0. The minimum absolute atomic E-state index is 0.0912. The fourth-order valence-corrected chi connectivity index (χ4v) is 4.89. The van der Waals surface area contributed by atoms with E-state index in [1.807, 2.05) is 0 Å². The third-order valence-corrected chi connectivity index (χ3v) is 6.79. The molecule has 7 nitrogen and oxygen atoms in total. The summed E-state index contributed by atoms with van der Waals surface area (Å²) in [6.07, 6.45) is 0. The summed E-state index contributed by atoms with van der Waals surface area (Å²) >= 11 is 6.04. The molecule has 0 radical (unpaired) electrons. The van der Waals surface area contributed by atoms with Crippen molar-refractivity contribution in [2.75, 3.05) is 31.1 Å². The Bertz CT molecular complexity index is 1200. The molecule has 0 saturated heterocycles. The van der Waals surface area contributed by atoms with Crippen molar-refractivity contribution in [1.29, 1.82) is 0 Å². The molecule has 0 aromatic heterocycles. The van der Waals surface area contributed by atoms with E-state index in [-0.39, 0.29) is 18.0 Å². The zero-order chi connectivity index (χ0) is 23.8. The number of anilines is 1. The number of halogens is 1. The smallest absolute Gasteiger partial charge is 0.264 e. The van der Waals surface area contributed by atoms with E-state index in [1.165, 1.54) is 12.1 Å². The molecule has 0 heterocycles. The highest BCUT2D eigenvalue weighted by Gasteiger charge is 2.28. The lowest BCUT2D eigenvalue weighted by atomic mass is 10.2. The number of nitrogens with one attached hydrogen (secondary N) is 1. The quantitative estimate of drug-likeness (QED) is 0.435. The van der Waals surface area contributed by atoms with E-state index in [9.17, 15) is 13.2 Å². The van der Waals surface area contributed by atoms with Gasteiger partial charge in [-0.15, -0.1) is 0 Å². The third kappa shape index (κ3) is 6.40.